The summed E-state index contributed by atoms with van der Waals surface area (Å²) in [6.45, 7) is 8.78. The third-order valence-corrected chi connectivity index (χ3v) is 13.1. The van der Waals surface area contributed by atoms with Gasteiger partial charge in [-0.15, -0.1) is 0 Å². The predicted octanol–water partition coefficient (Wildman–Crippen LogP) is 3.08. The fourth-order valence-electron chi connectivity index (χ4n) is 9.05. The van der Waals surface area contributed by atoms with Crippen LogP contribution in [0, 0.1) is 5.92 Å². The van der Waals surface area contributed by atoms with E-state index in [2.05, 4.69) is 49.5 Å². The van der Waals surface area contributed by atoms with Gasteiger partial charge >= 0.3 is 0 Å². The smallest absolute Gasteiger partial charge is 0.293 e. The van der Waals surface area contributed by atoms with Gasteiger partial charge in [0.05, 0.1) is 35.6 Å². The molecule has 4 aromatic rings. The summed E-state index contributed by atoms with van der Waals surface area (Å²) in [7, 11) is 4.68. The quantitative estimate of drug-likeness (QED) is 0.186. The van der Waals surface area contributed by atoms with Crippen molar-refractivity contribution in [2.24, 2.45) is 13.0 Å². The van der Waals surface area contributed by atoms with Crippen LogP contribution >= 0.6 is 11.6 Å². The number of piperazine rings is 1. The van der Waals surface area contributed by atoms with Gasteiger partial charge in [-0.1, -0.05) is 11.6 Å². The number of methoxy groups -OCH3 is 1. The summed E-state index contributed by atoms with van der Waals surface area (Å²) in [4.78, 5) is 93.1. The lowest BCUT2D eigenvalue weighted by atomic mass is 9.78. The number of likely N-dealkylation sites (N-methyl/N-ethyl adjacent to an activating group) is 1. The first-order valence-electron chi connectivity index (χ1n) is 20.6. The summed E-state index contributed by atoms with van der Waals surface area (Å²) >= 11 is 6.59. The van der Waals surface area contributed by atoms with Crippen LogP contribution in [0.1, 0.15) is 60.2 Å². The van der Waals surface area contributed by atoms with Crippen LogP contribution in [0.15, 0.2) is 47.4 Å². The average Bonchev–Trinajstić information content (AvgIpc) is 3.51. The van der Waals surface area contributed by atoms with E-state index in [9.17, 15) is 28.8 Å². The van der Waals surface area contributed by atoms with Gasteiger partial charge in [-0.25, -0.2) is 4.98 Å². The predicted molar refractivity (Wildman–Crippen MR) is 232 cm³/mol. The van der Waals surface area contributed by atoms with Crippen molar-refractivity contribution in [2.45, 2.75) is 51.1 Å². The number of nitrogens with zero attached hydrogens (tertiary/aromatic N) is 7. The number of imide groups is 2. The van der Waals surface area contributed by atoms with Crippen LogP contribution in [-0.2, 0) is 21.4 Å². The van der Waals surface area contributed by atoms with Gasteiger partial charge in [-0.3, -0.25) is 43.9 Å². The minimum atomic E-state index is -1.04. The lowest BCUT2D eigenvalue weighted by molar-refractivity contribution is -0.136. The Morgan fingerprint density at radius 3 is 2.31 bits per heavy atom. The number of aryl methyl sites for hydroxylation is 1. The summed E-state index contributed by atoms with van der Waals surface area (Å²) in [5.41, 5.74) is 2.05. The van der Waals surface area contributed by atoms with Crippen molar-refractivity contribution >= 4 is 75.2 Å². The highest BCUT2D eigenvalue weighted by molar-refractivity contribution is 6.33. The molecule has 1 atom stereocenters. The third-order valence-electron chi connectivity index (χ3n) is 12.8. The molecular weight excluding hydrogens is 820 g/mol. The van der Waals surface area contributed by atoms with Crippen molar-refractivity contribution in [1.82, 2.24) is 35.0 Å². The number of benzene rings is 2. The molecule has 326 valence electrons. The zero-order valence-corrected chi connectivity index (χ0v) is 36.0. The maximum absolute atomic E-state index is 13.6. The molecule has 0 spiro atoms. The highest BCUT2D eigenvalue weighted by Gasteiger charge is 2.46. The van der Waals surface area contributed by atoms with E-state index in [1.54, 1.807) is 31.4 Å². The maximum atomic E-state index is 13.6. The SMILES string of the molecule is CNC(=O)COc1cc2cc(Nc3nc(N4CCN(C(C)(C)C5CCN(c6cc7c(cc6OC)C(=O)N(C6CCC(=O)NC6=O)C7=O)CC5)CC4)ncc3Cl)ccc2n(C)c1=O. The molecule has 19 heteroatoms. The van der Waals surface area contributed by atoms with Crippen LogP contribution in [0.3, 0.4) is 0 Å². The number of halogens is 1. The summed E-state index contributed by atoms with van der Waals surface area (Å²) in [6, 6.07) is 9.38. The molecule has 0 aliphatic carbocycles. The van der Waals surface area contributed by atoms with Gasteiger partial charge in [0.1, 0.15) is 16.8 Å². The molecular formula is C43H49ClN10O8. The second-order valence-electron chi connectivity index (χ2n) is 16.5. The molecule has 5 amide bonds. The van der Waals surface area contributed by atoms with Crippen molar-refractivity contribution in [1.29, 1.82) is 0 Å². The molecule has 4 aliphatic heterocycles. The molecule has 3 fully saturated rings. The van der Waals surface area contributed by atoms with Crippen molar-refractivity contribution < 1.29 is 33.4 Å². The monoisotopic (exact) mass is 868 g/mol. The van der Waals surface area contributed by atoms with E-state index < -0.39 is 29.7 Å². The number of amides is 5. The van der Waals surface area contributed by atoms with E-state index >= 15 is 0 Å². The number of piperidine rings is 2. The number of fused-ring (bicyclic) bond motifs is 2. The first-order chi connectivity index (χ1) is 29.7. The Kier molecular flexibility index (Phi) is 11.6. The normalized spacial score (nSPS) is 18.9. The summed E-state index contributed by atoms with van der Waals surface area (Å²) in [5, 5.41) is 9.09. The molecule has 3 saturated heterocycles. The number of pyridine rings is 1. The number of hydrogen-bond acceptors (Lipinski definition) is 14. The number of aromatic nitrogens is 3. The molecule has 1 unspecified atom stereocenters. The van der Waals surface area contributed by atoms with Crippen LogP contribution in [0.2, 0.25) is 5.02 Å². The number of hydrogen-bond donors (Lipinski definition) is 3. The van der Waals surface area contributed by atoms with E-state index in [1.165, 1.54) is 18.7 Å². The minimum absolute atomic E-state index is 0.0540. The van der Waals surface area contributed by atoms with Crippen molar-refractivity contribution in [3.8, 4) is 11.5 Å². The molecule has 18 nitrogen and oxygen atoms in total. The average molecular weight is 869 g/mol. The van der Waals surface area contributed by atoms with Crippen LogP contribution in [0.4, 0.5) is 23.1 Å². The number of rotatable bonds is 11. The Hall–Kier alpha value is -6.27. The highest BCUT2D eigenvalue weighted by atomic mass is 35.5. The van der Waals surface area contributed by atoms with E-state index in [1.807, 2.05) is 18.2 Å². The second kappa shape index (κ2) is 16.9. The number of nitrogens with one attached hydrogen (secondary N) is 3. The molecule has 4 aliphatic rings. The third kappa shape index (κ3) is 7.88. The largest absolute Gasteiger partial charge is 0.495 e. The molecule has 62 heavy (non-hydrogen) atoms. The van der Waals surface area contributed by atoms with Crippen LogP contribution in [-0.4, -0.2) is 125 Å². The topological polar surface area (TPSA) is 201 Å². The van der Waals surface area contributed by atoms with E-state index in [4.69, 9.17) is 26.1 Å². The van der Waals surface area contributed by atoms with Gasteiger partial charge in [-0.05, 0) is 75.4 Å². The van der Waals surface area contributed by atoms with Crippen molar-refractivity contribution in [3.63, 3.8) is 0 Å². The summed E-state index contributed by atoms with van der Waals surface area (Å²) in [5.74, 6) is -0.605. The number of carbonyl (C=O) groups excluding carboxylic acids is 5. The summed E-state index contributed by atoms with van der Waals surface area (Å²) < 4.78 is 12.7. The van der Waals surface area contributed by atoms with Gasteiger partial charge in [0.25, 0.3) is 23.3 Å². The molecule has 0 radical (unpaired) electrons. The molecule has 8 rings (SSSR count). The number of carbonyl (C=O) groups is 5. The van der Waals surface area contributed by atoms with Gasteiger partial charge in [0.2, 0.25) is 17.8 Å². The number of ether oxygens (including phenoxy) is 2. The molecule has 6 heterocycles. The van der Waals surface area contributed by atoms with Gasteiger partial charge in [-0.2, -0.15) is 4.98 Å². The standard InChI is InChI=1S/C43H49ClN10O8/c1-43(2,25-10-12-51(13-11-25)32-20-27-28(21-33(32)61-5)40(59)54(39(27)58)31-8-9-35(55)48-38(31)57)53-16-14-52(15-17-53)42-46-22-29(44)37(49-42)47-26-6-7-30-24(18-26)19-34(41(60)50(30)4)62-23-36(56)45-3/h6-7,18-22,25,31H,8-17,23H2,1-5H3,(H,45,56)(H,46,47,49)(H,48,55,57). The molecule has 2 aromatic carbocycles. The Labute approximate surface area is 362 Å². The Bertz CT molecular complexity index is 2550. The first-order valence-corrected chi connectivity index (χ1v) is 21.0. The molecule has 0 bridgehead atoms. The molecule has 3 N–H and O–H groups in total. The van der Waals surface area contributed by atoms with Crippen molar-refractivity contribution in [2.75, 3.05) is 75.1 Å². The van der Waals surface area contributed by atoms with Crippen LogP contribution in [0.5, 0.6) is 11.5 Å². The second-order valence-corrected chi connectivity index (χ2v) is 16.9. The maximum Gasteiger partial charge on any atom is 0.293 e. The molecule has 2 aromatic heterocycles. The lowest BCUT2D eigenvalue weighted by Crippen LogP contribution is -2.59. The van der Waals surface area contributed by atoms with Crippen LogP contribution < -0.4 is 40.8 Å². The highest BCUT2D eigenvalue weighted by Crippen LogP contribution is 2.41. The Balaban J connectivity index is 0.895. The fraction of sp³-hybridized carbons (Fsp3) is 0.442. The zero-order chi connectivity index (χ0) is 44.0. The van der Waals surface area contributed by atoms with E-state index in [0.717, 1.165) is 55.0 Å². The van der Waals surface area contributed by atoms with E-state index in [-0.39, 0.29) is 53.3 Å². The minimum Gasteiger partial charge on any atom is -0.495 e. The molecule has 0 saturated carbocycles. The summed E-state index contributed by atoms with van der Waals surface area (Å²) in [6.07, 6.45) is 3.52. The Morgan fingerprint density at radius 2 is 1.63 bits per heavy atom. The van der Waals surface area contributed by atoms with Gasteiger partial charge < -0.3 is 34.5 Å². The fourth-order valence-corrected chi connectivity index (χ4v) is 9.19. The van der Waals surface area contributed by atoms with Gasteiger partial charge in [0, 0.05) is 76.4 Å². The Morgan fingerprint density at radius 1 is 0.919 bits per heavy atom. The first kappa shape index (κ1) is 42.4. The zero-order valence-electron chi connectivity index (χ0n) is 35.2. The lowest BCUT2D eigenvalue weighted by Gasteiger charge is -2.50. The van der Waals surface area contributed by atoms with Gasteiger partial charge in [0.15, 0.2) is 18.2 Å². The number of anilines is 4. The van der Waals surface area contributed by atoms with Crippen LogP contribution in [0.25, 0.3) is 10.9 Å². The van der Waals surface area contributed by atoms with Crippen molar-refractivity contribution in [3.05, 3.63) is 69.1 Å². The van der Waals surface area contributed by atoms with E-state index in [0.29, 0.717) is 52.7 Å².